The van der Waals surface area contributed by atoms with Crippen LogP contribution in [-0.4, -0.2) is 26.4 Å². The van der Waals surface area contributed by atoms with Gasteiger partial charge in [-0.2, -0.15) is 0 Å². The van der Waals surface area contributed by atoms with Gasteiger partial charge < -0.3 is 5.32 Å². The molecule has 0 radical (unpaired) electrons. The molecule has 0 spiro atoms. The largest absolute Gasteiger partial charge is 0.349 e. The van der Waals surface area contributed by atoms with Crippen LogP contribution in [0.25, 0.3) is 0 Å². The summed E-state index contributed by atoms with van der Waals surface area (Å²) in [5, 5.41) is 3.01. The molecule has 0 aromatic heterocycles. The lowest BCUT2D eigenvalue weighted by molar-refractivity contribution is 0.0924. The highest BCUT2D eigenvalue weighted by molar-refractivity contribution is 7.89. The average Bonchev–Trinajstić information content (AvgIpc) is 2.35. The van der Waals surface area contributed by atoms with Gasteiger partial charge in [0.05, 0.1) is 5.02 Å². The number of rotatable bonds is 4. The molecule has 1 heterocycles. The molecule has 2 rings (SSSR count). The van der Waals surface area contributed by atoms with Gasteiger partial charge in [0.1, 0.15) is 4.90 Å². The van der Waals surface area contributed by atoms with E-state index in [0.717, 1.165) is 12.0 Å². The number of benzene rings is 1. The Balaban J connectivity index is 2.49. The number of carbonyl (C=O) groups is 1. The first-order valence-electron chi connectivity index (χ1n) is 6.90. The standard InChI is InChI=1S/C14H19ClN2O3S/c1-4-10-5-9-6-12(15)13(7-11(9)14(18)16-10)21(19,20)17-8(2)3/h6-8,10,17H,4-5H2,1-3H3,(H,16,18). The summed E-state index contributed by atoms with van der Waals surface area (Å²) in [5.41, 5.74) is 1.17. The Kier molecular flexibility index (Phi) is 4.60. The molecule has 0 saturated carbocycles. The topological polar surface area (TPSA) is 75.3 Å². The second kappa shape index (κ2) is 5.94. The minimum Gasteiger partial charge on any atom is -0.349 e. The molecule has 0 aliphatic carbocycles. The zero-order valence-electron chi connectivity index (χ0n) is 12.2. The zero-order valence-corrected chi connectivity index (χ0v) is 13.8. The van der Waals surface area contributed by atoms with E-state index in [2.05, 4.69) is 10.0 Å². The van der Waals surface area contributed by atoms with E-state index in [1.54, 1.807) is 19.9 Å². The average molecular weight is 331 g/mol. The van der Waals surface area contributed by atoms with Gasteiger partial charge in [0, 0.05) is 17.6 Å². The monoisotopic (exact) mass is 330 g/mol. The molecule has 1 aliphatic rings. The summed E-state index contributed by atoms with van der Waals surface area (Å²) in [7, 11) is -3.73. The van der Waals surface area contributed by atoms with Crippen molar-refractivity contribution in [1.82, 2.24) is 10.0 Å². The Bertz CT molecular complexity index is 671. The smallest absolute Gasteiger partial charge is 0.251 e. The van der Waals surface area contributed by atoms with Crippen LogP contribution < -0.4 is 10.0 Å². The van der Waals surface area contributed by atoms with Crippen molar-refractivity contribution in [1.29, 1.82) is 0 Å². The van der Waals surface area contributed by atoms with Crippen LogP contribution in [0.1, 0.15) is 43.1 Å². The molecule has 7 heteroatoms. The van der Waals surface area contributed by atoms with Crippen LogP contribution in [0.2, 0.25) is 5.02 Å². The third kappa shape index (κ3) is 3.39. The lowest BCUT2D eigenvalue weighted by atomic mass is 9.94. The maximum Gasteiger partial charge on any atom is 0.251 e. The van der Waals surface area contributed by atoms with Crippen molar-refractivity contribution in [2.24, 2.45) is 0 Å². The van der Waals surface area contributed by atoms with Crippen molar-refractivity contribution in [2.45, 2.75) is 50.6 Å². The summed E-state index contributed by atoms with van der Waals surface area (Å²) >= 11 is 6.12. The molecule has 1 aromatic rings. The van der Waals surface area contributed by atoms with E-state index in [1.807, 2.05) is 6.92 Å². The van der Waals surface area contributed by atoms with Crippen molar-refractivity contribution in [3.8, 4) is 0 Å². The molecular formula is C14H19ClN2O3S. The van der Waals surface area contributed by atoms with Gasteiger partial charge in [-0.05, 0) is 44.4 Å². The highest BCUT2D eigenvalue weighted by Gasteiger charge is 2.28. The molecule has 116 valence electrons. The first-order valence-corrected chi connectivity index (χ1v) is 8.76. The minimum atomic E-state index is -3.73. The van der Waals surface area contributed by atoms with Crippen LogP contribution in [0.5, 0.6) is 0 Å². The highest BCUT2D eigenvalue weighted by Crippen LogP contribution is 2.29. The highest BCUT2D eigenvalue weighted by atomic mass is 35.5. The molecule has 1 aliphatic heterocycles. The summed E-state index contributed by atoms with van der Waals surface area (Å²) in [4.78, 5) is 12.0. The van der Waals surface area contributed by atoms with Crippen LogP contribution >= 0.6 is 11.6 Å². The summed E-state index contributed by atoms with van der Waals surface area (Å²) in [5.74, 6) is -0.249. The molecule has 0 saturated heterocycles. The Morgan fingerprint density at radius 1 is 1.43 bits per heavy atom. The fourth-order valence-electron chi connectivity index (χ4n) is 2.38. The number of hydrogen-bond acceptors (Lipinski definition) is 3. The maximum absolute atomic E-state index is 12.2. The molecular weight excluding hydrogens is 312 g/mol. The number of carbonyl (C=O) groups excluding carboxylic acids is 1. The Morgan fingerprint density at radius 3 is 2.67 bits per heavy atom. The predicted molar refractivity (Wildman–Crippen MR) is 82.2 cm³/mol. The van der Waals surface area contributed by atoms with Crippen molar-refractivity contribution in [3.63, 3.8) is 0 Å². The predicted octanol–water partition coefficient (Wildman–Crippen LogP) is 2.09. The van der Waals surface area contributed by atoms with Gasteiger partial charge >= 0.3 is 0 Å². The van der Waals surface area contributed by atoms with Crippen LogP contribution in [-0.2, 0) is 16.4 Å². The van der Waals surface area contributed by atoms with Gasteiger partial charge in [0.25, 0.3) is 5.91 Å². The number of hydrogen-bond donors (Lipinski definition) is 2. The lowest BCUT2D eigenvalue weighted by Crippen LogP contribution is -2.41. The molecule has 1 unspecified atom stereocenters. The summed E-state index contributed by atoms with van der Waals surface area (Å²) in [6.45, 7) is 5.44. The maximum atomic E-state index is 12.2. The molecule has 0 fully saturated rings. The zero-order chi connectivity index (χ0) is 15.8. The second-order valence-corrected chi connectivity index (χ2v) is 7.59. The fraction of sp³-hybridized carbons (Fsp3) is 0.500. The van der Waals surface area contributed by atoms with Crippen LogP contribution in [0.15, 0.2) is 17.0 Å². The van der Waals surface area contributed by atoms with E-state index >= 15 is 0 Å². The van der Waals surface area contributed by atoms with E-state index in [-0.39, 0.29) is 27.9 Å². The van der Waals surface area contributed by atoms with Crippen LogP contribution in [0, 0.1) is 0 Å². The van der Waals surface area contributed by atoms with Gasteiger partial charge in [-0.25, -0.2) is 13.1 Å². The fourth-order valence-corrected chi connectivity index (χ4v) is 4.21. The summed E-state index contributed by atoms with van der Waals surface area (Å²) in [6.07, 6.45) is 1.48. The normalized spacial score (nSPS) is 18.5. The number of halogens is 1. The molecule has 5 nitrogen and oxygen atoms in total. The molecule has 1 aromatic carbocycles. The first-order chi connectivity index (χ1) is 9.74. The van der Waals surface area contributed by atoms with Crippen molar-refractivity contribution >= 4 is 27.5 Å². The van der Waals surface area contributed by atoms with E-state index in [1.165, 1.54) is 6.07 Å². The van der Waals surface area contributed by atoms with Gasteiger partial charge in [-0.15, -0.1) is 0 Å². The van der Waals surface area contributed by atoms with Crippen molar-refractivity contribution in [2.75, 3.05) is 0 Å². The van der Waals surface area contributed by atoms with E-state index in [9.17, 15) is 13.2 Å². The Morgan fingerprint density at radius 2 is 2.10 bits per heavy atom. The Hall–Kier alpha value is -1.11. The second-order valence-electron chi connectivity index (χ2n) is 5.50. The van der Waals surface area contributed by atoms with Crippen molar-refractivity contribution in [3.05, 3.63) is 28.3 Å². The van der Waals surface area contributed by atoms with Crippen LogP contribution in [0.3, 0.4) is 0 Å². The van der Waals surface area contributed by atoms with E-state index < -0.39 is 10.0 Å². The quantitative estimate of drug-likeness (QED) is 0.887. The van der Waals surface area contributed by atoms with Gasteiger partial charge in [0.2, 0.25) is 10.0 Å². The molecule has 21 heavy (non-hydrogen) atoms. The number of sulfonamides is 1. The third-order valence-electron chi connectivity index (χ3n) is 3.38. The van der Waals surface area contributed by atoms with Crippen molar-refractivity contribution < 1.29 is 13.2 Å². The molecule has 0 bridgehead atoms. The SMILES string of the molecule is CCC1Cc2cc(Cl)c(S(=O)(=O)NC(C)C)cc2C(=O)N1. The molecule has 1 amide bonds. The van der Waals surface area contributed by atoms with Gasteiger partial charge in [0.15, 0.2) is 0 Å². The number of nitrogens with one attached hydrogen (secondary N) is 2. The van der Waals surface area contributed by atoms with E-state index in [0.29, 0.717) is 12.0 Å². The minimum absolute atomic E-state index is 0.0540. The number of amides is 1. The first kappa shape index (κ1) is 16.3. The van der Waals surface area contributed by atoms with E-state index in [4.69, 9.17) is 11.6 Å². The number of fused-ring (bicyclic) bond motifs is 1. The lowest BCUT2D eigenvalue weighted by Gasteiger charge is -2.25. The van der Waals surface area contributed by atoms with Gasteiger partial charge in [-0.1, -0.05) is 18.5 Å². The summed E-state index contributed by atoms with van der Waals surface area (Å²) < 4.78 is 27.0. The molecule has 1 atom stereocenters. The summed E-state index contributed by atoms with van der Waals surface area (Å²) in [6, 6.07) is 2.77. The third-order valence-corrected chi connectivity index (χ3v) is 5.50. The van der Waals surface area contributed by atoms with Crippen LogP contribution in [0.4, 0.5) is 0 Å². The molecule has 2 N–H and O–H groups in total. The Labute approximate surface area is 130 Å². The van der Waals surface area contributed by atoms with Gasteiger partial charge in [-0.3, -0.25) is 4.79 Å².